The van der Waals surface area contributed by atoms with Gasteiger partial charge in [0.2, 0.25) is 11.8 Å². The maximum Gasteiger partial charge on any atom is 0.234 e. The van der Waals surface area contributed by atoms with Crippen molar-refractivity contribution in [3.05, 3.63) is 45.6 Å². The van der Waals surface area contributed by atoms with Crippen LogP contribution in [0.1, 0.15) is 29.5 Å². The highest BCUT2D eigenvalue weighted by Gasteiger charge is 2.29. The summed E-state index contributed by atoms with van der Waals surface area (Å²) in [6.45, 7) is 3.09. The van der Waals surface area contributed by atoms with Crippen molar-refractivity contribution in [1.82, 2.24) is 10.2 Å². The molecule has 20 heavy (non-hydrogen) atoms. The molecule has 2 aromatic rings. The third kappa shape index (κ3) is 3.13. The molecule has 0 aliphatic heterocycles. The first-order valence-electron chi connectivity index (χ1n) is 5.75. The lowest BCUT2D eigenvalue weighted by Crippen LogP contribution is -2.14. The fraction of sp³-hybridized carbons (Fsp3) is 0.333. The van der Waals surface area contributed by atoms with E-state index < -0.39 is 15.1 Å². The zero-order valence-corrected chi connectivity index (χ0v) is 13.1. The van der Waals surface area contributed by atoms with E-state index in [1.807, 2.05) is 0 Å². The number of aryl methyl sites for hydroxylation is 1. The van der Waals surface area contributed by atoms with Crippen LogP contribution in [0.3, 0.4) is 0 Å². The first-order chi connectivity index (χ1) is 9.31. The number of benzene rings is 1. The molecule has 1 unspecified atom stereocenters. The molecule has 0 N–H and O–H groups in total. The molecule has 108 valence electrons. The van der Waals surface area contributed by atoms with E-state index in [0.29, 0.717) is 21.5 Å². The summed E-state index contributed by atoms with van der Waals surface area (Å²) < 4.78 is 29.9. The number of halogens is 2. The molecule has 0 fully saturated rings. The lowest BCUT2D eigenvalue weighted by Gasteiger charge is -2.11. The summed E-state index contributed by atoms with van der Waals surface area (Å²) in [6, 6.07) is 4.85. The van der Waals surface area contributed by atoms with E-state index >= 15 is 0 Å². The zero-order chi connectivity index (χ0) is 14.9. The average molecular weight is 335 g/mol. The second-order valence-electron chi connectivity index (χ2n) is 4.31. The molecule has 0 radical (unpaired) electrons. The predicted octanol–water partition coefficient (Wildman–Crippen LogP) is 3.36. The Morgan fingerprint density at radius 2 is 1.85 bits per heavy atom. The number of hydrogen-bond acceptors (Lipinski definition) is 5. The van der Waals surface area contributed by atoms with Gasteiger partial charge >= 0.3 is 0 Å². The molecule has 2 rings (SSSR count). The van der Waals surface area contributed by atoms with E-state index in [1.165, 1.54) is 6.92 Å². The Labute approximate surface area is 126 Å². The summed E-state index contributed by atoms with van der Waals surface area (Å²) >= 11 is 12.0. The molecular formula is C12H12Cl2N2O3S. The molecule has 5 nitrogen and oxygen atoms in total. The zero-order valence-electron chi connectivity index (χ0n) is 10.8. The first-order valence-corrected chi connectivity index (χ1v) is 8.23. The second kappa shape index (κ2) is 5.71. The fourth-order valence-electron chi connectivity index (χ4n) is 1.63. The van der Waals surface area contributed by atoms with Crippen LogP contribution in [0.5, 0.6) is 0 Å². The SMILES string of the molecule is Cc1nnc(C(C)S(=O)(=O)Cc2c(Cl)cccc2Cl)o1. The van der Waals surface area contributed by atoms with Crippen molar-refractivity contribution in [2.75, 3.05) is 0 Å². The lowest BCUT2D eigenvalue weighted by molar-refractivity contribution is 0.461. The van der Waals surface area contributed by atoms with Gasteiger partial charge in [0, 0.05) is 22.5 Å². The van der Waals surface area contributed by atoms with Gasteiger partial charge in [-0.15, -0.1) is 10.2 Å². The molecule has 0 spiro atoms. The van der Waals surface area contributed by atoms with Crippen LogP contribution >= 0.6 is 23.2 Å². The number of nitrogens with zero attached hydrogens (tertiary/aromatic N) is 2. The summed E-state index contributed by atoms with van der Waals surface area (Å²) in [4.78, 5) is 0. The number of aromatic nitrogens is 2. The maximum atomic E-state index is 12.4. The Morgan fingerprint density at radius 1 is 1.25 bits per heavy atom. The van der Waals surface area contributed by atoms with Crippen LogP contribution in [0.4, 0.5) is 0 Å². The molecule has 1 aromatic heterocycles. The Bertz CT molecular complexity index is 708. The normalized spacial score (nSPS) is 13.4. The first kappa shape index (κ1) is 15.3. The minimum atomic E-state index is -3.56. The topological polar surface area (TPSA) is 73.1 Å². The Balaban J connectivity index is 2.32. The van der Waals surface area contributed by atoms with Crippen LogP contribution in [-0.2, 0) is 15.6 Å². The van der Waals surface area contributed by atoms with Crippen LogP contribution in [0, 0.1) is 6.92 Å². The molecule has 0 aliphatic carbocycles. The van der Waals surface area contributed by atoms with Crippen molar-refractivity contribution >= 4 is 33.0 Å². The molecular weight excluding hydrogens is 323 g/mol. The Kier molecular flexibility index (Phi) is 4.36. The van der Waals surface area contributed by atoms with Crippen molar-refractivity contribution in [2.24, 2.45) is 0 Å². The Morgan fingerprint density at radius 3 is 2.35 bits per heavy atom. The van der Waals surface area contributed by atoms with Gasteiger partial charge in [0.1, 0.15) is 5.25 Å². The summed E-state index contributed by atoms with van der Waals surface area (Å²) in [5.74, 6) is 0.0946. The van der Waals surface area contributed by atoms with Crippen molar-refractivity contribution in [3.63, 3.8) is 0 Å². The molecule has 0 bridgehead atoms. The average Bonchev–Trinajstić information content (AvgIpc) is 2.80. The van der Waals surface area contributed by atoms with Crippen LogP contribution in [0.2, 0.25) is 10.0 Å². The largest absolute Gasteiger partial charge is 0.424 e. The highest BCUT2D eigenvalue weighted by molar-refractivity contribution is 7.90. The fourth-order valence-corrected chi connectivity index (χ4v) is 3.68. The van der Waals surface area contributed by atoms with Crippen molar-refractivity contribution in [2.45, 2.75) is 24.9 Å². The standard InChI is InChI=1S/C12H12Cl2N2O3S/c1-7(12-16-15-8(2)19-12)20(17,18)6-9-10(13)4-3-5-11(9)14/h3-5,7H,6H2,1-2H3. The van der Waals surface area contributed by atoms with Crippen molar-refractivity contribution in [3.8, 4) is 0 Å². The molecule has 8 heteroatoms. The van der Waals surface area contributed by atoms with Gasteiger partial charge in [-0.2, -0.15) is 0 Å². The predicted molar refractivity (Wildman–Crippen MR) is 76.5 cm³/mol. The summed E-state index contributed by atoms with van der Waals surface area (Å²) in [6.07, 6.45) is 0. The third-order valence-electron chi connectivity index (χ3n) is 2.84. The van der Waals surface area contributed by atoms with E-state index in [2.05, 4.69) is 10.2 Å². The minimum Gasteiger partial charge on any atom is -0.424 e. The smallest absolute Gasteiger partial charge is 0.234 e. The van der Waals surface area contributed by atoms with Gasteiger partial charge in [-0.05, 0) is 19.1 Å². The van der Waals surface area contributed by atoms with Crippen molar-refractivity contribution in [1.29, 1.82) is 0 Å². The van der Waals surface area contributed by atoms with Crippen LogP contribution in [0.25, 0.3) is 0 Å². The van der Waals surface area contributed by atoms with Gasteiger partial charge < -0.3 is 4.42 Å². The second-order valence-corrected chi connectivity index (χ2v) is 7.44. The van der Waals surface area contributed by atoms with Gasteiger partial charge in [-0.1, -0.05) is 29.3 Å². The van der Waals surface area contributed by atoms with Crippen LogP contribution in [-0.4, -0.2) is 18.6 Å². The Hall–Kier alpha value is -1.11. The molecule has 0 aliphatic rings. The number of sulfone groups is 1. The van der Waals surface area contributed by atoms with Gasteiger partial charge in [-0.3, -0.25) is 0 Å². The van der Waals surface area contributed by atoms with Gasteiger partial charge in [-0.25, -0.2) is 8.42 Å². The third-order valence-corrected chi connectivity index (χ3v) is 5.51. The molecule has 0 saturated heterocycles. The van der Waals surface area contributed by atoms with Gasteiger partial charge in [0.15, 0.2) is 9.84 Å². The van der Waals surface area contributed by atoms with Gasteiger partial charge in [0.25, 0.3) is 0 Å². The van der Waals surface area contributed by atoms with E-state index in [0.717, 1.165) is 0 Å². The van der Waals surface area contributed by atoms with E-state index in [9.17, 15) is 8.42 Å². The summed E-state index contributed by atoms with van der Waals surface area (Å²) in [5.41, 5.74) is 0.374. The highest BCUT2D eigenvalue weighted by atomic mass is 35.5. The van der Waals surface area contributed by atoms with E-state index in [4.69, 9.17) is 27.6 Å². The quantitative estimate of drug-likeness (QED) is 0.856. The summed E-state index contributed by atoms with van der Waals surface area (Å²) in [7, 11) is -3.56. The van der Waals surface area contributed by atoms with E-state index in [-0.39, 0.29) is 11.6 Å². The van der Waals surface area contributed by atoms with E-state index in [1.54, 1.807) is 25.1 Å². The lowest BCUT2D eigenvalue weighted by atomic mass is 10.2. The van der Waals surface area contributed by atoms with Crippen LogP contribution in [0.15, 0.2) is 22.6 Å². The van der Waals surface area contributed by atoms with Crippen LogP contribution < -0.4 is 0 Å². The van der Waals surface area contributed by atoms with Crippen molar-refractivity contribution < 1.29 is 12.8 Å². The molecule has 1 aromatic carbocycles. The molecule has 0 saturated carbocycles. The highest BCUT2D eigenvalue weighted by Crippen LogP contribution is 2.30. The molecule has 1 heterocycles. The maximum absolute atomic E-state index is 12.4. The molecule has 0 amide bonds. The molecule has 1 atom stereocenters. The minimum absolute atomic E-state index is 0.0608. The number of hydrogen-bond donors (Lipinski definition) is 0. The van der Waals surface area contributed by atoms with Gasteiger partial charge in [0.05, 0.1) is 5.75 Å². The number of rotatable bonds is 4. The monoisotopic (exact) mass is 334 g/mol. The summed E-state index contributed by atoms with van der Waals surface area (Å²) in [5, 5.41) is 7.08.